The van der Waals surface area contributed by atoms with Crippen LogP contribution in [0, 0.1) is 17.4 Å². The van der Waals surface area contributed by atoms with Gasteiger partial charge >= 0.3 is 0 Å². The van der Waals surface area contributed by atoms with Gasteiger partial charge in [0.05, 0.1) is 0 Å². The predicted molar refractivity (Wildman–Crippen MR) is 154 cm³/mol. The van der Waals surface area contributed by atoms with E-state index in [1.54, 1.807) is 0 Å². The Morgan fingerprint density at radius 2 is 1.62 bits per heavy atom. The van der Waals surface area contributed by atoms with Crippen LogP contribution in [0.4, 0.5) is 0 Å². The second kappa shape index (κ2) is 13.0. The van der Waals surface area contributed by atoms with Gasteiger partial charge in [0.25, 0.3) is 0 Å². The molecule has 1 aromatic carbocycles. The second-order valence-electron chi connectivity index (χ2n) is 9.23. The van der Waals surface area contributed by atoms with E-state index in [-0.39, 0.29) is 0 Å². The molecule has 0 radical (unpaired) electrons. The van der Waals surface area contributed by atoms with Crippen molar-refractivity contribution in [3.8, 4) is 0 Å². The van der Waals surface area contributed by atoms with Gasteiger partial charge in [-0.15, -0.1) is 0 Å². The number of pyridine rings is 2. The van der Waals surface area contributed by atoms with Crippen molar-refractivity contribution in [2.45, 2.75) is 72.6 Å². The van der Waals surface area contributed by atoms with Crippen molar-refractivity contribution in [1.29, 1.82) is 0 Å². The first-order valence-corrected chi connectivity index (χ1v) is 13.4. The lowest BCUT2D eigenvalue weighted by atomic mass is 9.91. The largest absolute Gasteiger partial charge is 0.261 e. The van der Waals surface area contributed by atoms with E-state index < -0.39 is 0 Å². The van der Waals surface area contributed by atoms with E-state index in [1.807, 2.05) is 12.4 Å². The average molecular weight is 565 g/mol. The second-order valence-corrected chi connectivity index (χ2v) is 10.4. The predicted octanol–water partition coefficient (Wildman–Crippen LogP) is 8.48. The van der Waals surface area contributed by atoms with E-state index in [0.29, 0.717) is 5.92 Å². The first-order chi connectivity index (χ1) is 16.4. The van der Waals surface area contributed by atoms with Crippen molar-refractivity contribution in [3.05, 3.63) is 115 Å². The smallest absolute Gasteiger partial charge is 0.0476 e. The lowest BCUT2D eigenvalue weighted by Crippen LogP contribution is -2.06. The Morgan fingerprint density at radius 1 is 0.882 bits per heavy atom. The Morgan fingerprint density at radius 3 is 2.15 bits per heavy atom. The highest BCUT2D eigenvalue weighted by atomic mass is 127. The number of aryl methyl sites for hydroxylation is 5. The summed E-state index contributed by atoms with van der Waals surface area (Å²) < 4.78 is 1.33. The van der Waals surface area contributed by atoms with Crippen LogP contribution in [0.15, 0.2) is 72.6 Å². The summed E-state index contributed by atoms with van der Waals surface area (Å²) in [6.45, 7) is 10.8. The van der Waals surface area contributed by atoms with Crippen molar-refractivity contribution in [1.82, 2.24) is 9.97 Å². The van der Waals surface area contributed by atoms with E-state index in [4.69, 9.17) is 0 Å². The number of nitrogens with zero attached hydrogens (tertiary/aromatic N) is 2. The third-order valence-corrected chi connectivity index (χ3v) is 7.28. The van der Waals surface area contributed by atoms with Gasteiger partial charge in [0.1, 0.15) is 0 Å². The van der Waals surface area contributed by atoms with Crippen LogP contribution in [0.5, 0.6) is 0 Å². The zero-order valence-electron chi connectivity index (χ0n) is 21.2. The molecule has 0 N–H and O–H groups in total. The molecule has 3 aromatic rings. The fraction of sp³-hybridized carbons (Fsp3) is 0.355. The molecule has 1 atom stereocenters. The maximum atomic E-state index is 4.66. The van der Waals surface area contributed by atoms with Crippen molar-refractivity contribution in [2.24, 2.45) is 0 Å². The molecule has 34 heavy (non-hydrogen) atoms. The quantitative estimate of drug-likeness (QED) is 0.281. The molecular weight excluding hydrogens is 527 g/mol. The third-order valence-electron chi connectivity index (χ3n) is 6.35. The first-order valence-electron chi connectivity index (χ1n) is 12.4. The van der Waals surface area contributed by atoms with Gasteiger partial charge in [-0.1, -0.05) is 55.8 Å². The van der Waals surface area contributed by atoms with Gasteiger partial charge in [-0.2, -0.15) is 0 Å². The molecule has 1 aliphatic rings. The molecule has 3 heteroatoms. The van der Waals surface area contributed by atoms with Gasteiger partial charge in [0.15, 0.2) is 0 Å². The maximum Gasteiger partial charge on any atom is 0.0476 e. The molecule has 0 saturated heterocycles. The third kappa shape index (κ3) is 7.63. The summed E-state index contributed by atoms with van der Waals surface area (Å²) in [6.07, 6.45) is 16.1. The number of allylic oxidation sites excluding steroid dienone is 4. The SMILES string of the molecule is CC1=CCCC=C1.CCc1cc(I)c(C(C)c2ccc(C)cn2)cc1CCc1ccc(C)cn1. The monoisotopic (exact) mass is 564 g/mol. The van der Waals surface area contributed by atoms with Gasteiger partial charge in [0, 0.05) is 33.3 Å². The van der Waals surface area contributed by atoms with Gasteiger partial charge < -0.3 is 0 Å². The van der Waals surface area contributed by atoms with Crippen LogP contribution in [-0.4, -0.2) is 9.97 Å². The minimum absolute atomic E-state index is 0.291. The molecule has 0 bridgehead atoms. The highest BCUT2D eigenvalue weighted by Gasteiger charge is 2.16. The lowest BCUT2D eigenvalue weighted by Gasteiger charge is -2.18. The molecule has 1 aliphatic carbocycles. The van der Waals surface area contributed by atoms with E-state index in [9.17, 15) is 0 Å². The summed E-state index contributed by atoms with van der Waals surface area (Å²) >= 11 is 2.48. The van der Waals surface area contributed by atoms with Crippen LogP contribution in [0.3, 0.4) is 0 Å². The van der Waals surface area contributed by atoms with E-state index in [1.165, 1.54) is 49.8 Å². The Labute approximate surface area is 219 Å². The lowest BCUT2D eigenvalue weighted by molar-refractivity contribution is 0.844. The summed E-state index contributed by atoms with van der Waals surface area (Å²) in [5.41, 5.74) is 10.4. The highest BCUT2D eigenvalue weighted by Crippen LogP contribution is 2.30. The summed E-state index contributed by atoms with van der Waals surface area (Å²) in [5.74, 6) is 0.291. The summed E-state index contributed by atoms with van der Waals surface area (Å²) in [7, 11) is 0. The molecular formula is C31H37IN2. The van der Waals surface area contributed by atoms with Gasteiger partial charge in [0.2, 0.25) is 0 Å². The van der Waals surface area contributed by atoms with Gasteiger partial charge in [-0.3, -0.25) is 9.97 Å². The van der Waals surface area contributed by atoms with Gasteiger partial charge in [-0.05, 0) is 121 Å². The van der Waals surface area contributed by atoms with Crippen LogP contribution in [-0.2, 0) is 19.3 Å². The summed E-state index contributed by atoms with van der Waals surface area (Å²) in [4.78, 5) is 9.22. The minimum Gasteiger partial charge on any atom is -0.261 e. The number of benzene rings is 1. The normalized spacial score (nSPS) is 13.6. The molecule has 178 valence electrons. The van der Waals surface area contributed by atoms with Crippen molar-refractivity contribution in [2.75, 3.05) is 0 Å². The zero-order chi connectivity index (χ0) is 24.5. The Hall–Kier alpha value is -2.27. The van der Waals surface area contributed by atoms with Crippen LogP contribution in [0.2, 0.25) is 0 Å². The average Bonchev–Trinajstić information content (AvgIpc) is 2.85. The Balaban J connectivity index is 0.000000396. The van der Waals surface area contributed by atoms with Crippen LogP contribution in [0.1, 0.15) is 78.7 Å². The number of aromatic nitrogens is 2. The Bertz CT molecular complexity index is 1130. The molecule has 0 fully saturated rings. The molecule has 2 aromatic heterocycles. The molecule has 0 saturated carbocycles. The molecule has 0 amide bonds. The molecule has 2 heterocycles. The summed E-state index contributed by atoms with van der Waals surface area (Å²) in [6, 6.07) is 13.4. The van der Waals surface area contributed by atoms with Crippen molar-refractivity contribution in [3.63, 3.8) is 0 Å². The maximum absolute atomic E-state index is 4.66. The highest BCUT2D eigenvalue weighted by molar-refractivity contribution is 14.1. The summed E-state index contributed by atoms with van der Waals surface area (Å²) in [5, 5.41) is 0. The number of hydrogen-bond donors (Lipinski definition) is 0. The number of halogens is 1. The Kier molecular flexibility index (Phi) is 10.1. The molecule has 1 unspecified atom stereocenters. The van der Waals surface area contributed by atoms with E-state index >= 15 is 0 Å². The fourth-order valence-corrected chi connectivity index (χ4v) is 5.12. The number of hydrogen-bond acceptors (Lipinski definition) is 2. The van der Waals surface area contributed by atoms with Gasteiger partial charge in [-0.25, -0.2) is 0 Å². The molecule has 4 rings (SSSR count). The number of rotatable bonds is 6. The van der Waals surface area contributed by atoms with Crippen molar-refractivity contribution >= 4 is 22.6 Å². The van der Waals surface area contributed by atoms with Crippen LogP contribution < -0.4 is 0 Å². The topological polar surface area (TPSA) is 25.8 Å². The molecule has 0 spiro atoms. The minimum atomic E-state index is 0.291. The molecule has 2 nitrogen and oxygen atoms in total. The zero-order valence-corrected chi connectivity index (χ0v) is 23.4. The van der Waals surface area contributed by atoms with Crippen molar-refractivity contribution < 1.29 is 0 Å². The first kappa shape index (κ1) is 26.3. The van der Waals surface area contributed by atoms with Crippen LogP contribution >= 0.6 is 22.6 Å². The standard InChI is InChI=1S/C24H27IN2.C7H10/c1-5-19-13-23(25)22(18(4)24-11-7-17(3)15-27-24)12-20(19)8-10-21-9-6-16(2)14-26-21;1-7-5-3-2-4-6-7/h6-7,9,11-15,18H,5,8,10H2,1-4H3;3,5-6H,2,4H2,1H3. The fourth-order valence-electron chi connectivity index (χ4n) is 4.12. The van der Waals surface area contributed by atoms with E-state index in [0.717, 1.165) is 30.7 Å². The van der Waals surface area contributed by atoms with Crippen LogP contribution in [0.25, 0.3) is 0 Å². The van der Waals surface area contributed by atoms with E-state index in [2.05, 4.69) is 122 Å². The molecule has 0 aliphatic heterocycles.